The summed E-state index contributed by atoms with van der Waals surface area (Å²) >= 11 is 0. The lowest BCUT2D eigenvalue weighted by molar-refractivity contribution is -0.144. The monoisotopic (exact) mass is 263 g/mol. The zero-order valence-electron chi connectivity index (χ0n) is 11.2. The Morgan fingerprint density at radius 3 is 2.55 bits per heavy atom. The van der Waals surface area contributed by atoms with Gasteiger partial charge in [0.05, 0.1) is 6.10 Å². The van der Waals surface area contributed by atoms with Gasteiger partial charge in [0, 0.05) is 6.92 Å². The molecule has 0 saturated carbocycles. The molecule has 100 valence electrons. The lowest BCUT2D eigenvalue weighted by Gasteiger charge is -2.22. The first-order chi connectivity index (χ1) is 9.74. The maximum absolute atomic E-state index is 11.4. The molecule has 1 atom stereocenters. The molecule has 0 bridgehead atoms. The third kappa shape index (κ3) is 2.45. The number of hydrogen-bond donors (Lipinski definition) is 0. The van der Waals surface area contributed by atoms with Gasteiger partial charge < -0.3 is 4.74 Å². The second kappa shape index (κ2) is 5.25. The van der Waals surface area contributed by atoms with Crippen LogP contribution in [0.1, 0.15) is 24.2 Å². The molecule has 0 aliphatic heterocycles. The molecule has 0 aromatic heterocycles. The van der Waals surface area contributed by atoms with E-state index in [2.05, 4.69) is 24.3 Å². The van der Waals surface area contributed by atoms with Gasteiger partial charge in [-0.1, -0.05) is 36.4 Å². The maximum atomic E-state index is 11.4. The van der Waals surface area contributed by atoms with E-state index in [0.29, 0.717) is 0 Å². The fourth-order valence-corrected chi connectivity index (χ4v) is 2.43. The highest BCUT2D eigenvalue weighted by atomic mass is 16.5. The Balaban J connectivity index is 2.06. The highest BCUT2D eigenvalue weighted by molar-refractivity contribution is 5.83. The van der Waals surface area contributed by atoms with E-state index < -0.39 is 0 Å². The number of rotatable bonds is 3. The van der Waals surface area contributed by atoms with Gasteiger partial charge in [-0.3, -0.25) is 4.79 Å². The Bertz CT molecular complexity index is 726. The molecule has 0 saturated heterocycles. The minimum Gasteiger partial charge on any atom is -0.467 e. The second-order valence-electron chi connectivity index (χ2n) is 4.81. The Kier molecular flexibility index (Phi) is 3.30. The molecule has 3 rings (SSSR count). The van der Waals surface area contributed by atoms with Crippen molar-refractivity contribution in [2.75, 3.05) is 0 Å². The van der Waals surface area contributed by atoms with Gasteiger partial charge in [0.15, 0.2) is 0 Å². The Hall–Kier alpha value is -2.48. The summed E-state index contributed by atoms with van der Waals surface area (Å²) in [5.74, 6) is -0.274. The van der Waals surface area contributed by atoms with Crippen molar-refractivity contribution in [1.82, 2.24) is 0 Å². The van der Waals surface area contributed by atoms with Crippen LogP contribution < -0.4 is 0 Å². The first-order valence-corrected chi connectivity index (χ1v) is 6.61. The first kappa shape index (κ1) is 12.5. The van der Waals surface area contributed by atoms with Crippen LogP contribution in [-0.2, 0) is 9.53 Å². The van der Waals surface area contributed by atoms with Gasteiger partial charge in [-0.05, 0) is 22.4 Å². The highest BCUT2D eigenvalue weighted by Gasteiger charge is 2.12. The molecule has 3 aromatic rings. The van der Waals surface area contributed by atoms with Gasteiger partial charge in [-0.2, -0.15) is 23.8 Å². The van der Waals surface area contributed by atoms with Crippen molar-refractivity contribution >= 4 is 16.7 Å². The summed E-state index contributed by atoms with van der Waals surface area (Å²) in [5.41, 5.74) is 1.99. The van der Waals surface area contributed by atoms with Crippen LogP contribution in [0.25, 0.3) is 10.8 Å². The molecule has 0 spiro atoms. The van der Waals surface area contributed by atoms with Crippen molar-refractivity contribution in [3.8, 4) is 0 Å². The molecule has 0 heterocycles. The zero-order chi connectivity index (χ0) is 13.9. The summed E-state index contributed by atoms with van der Waals surface area (Å²) in [6, 6.07) is 22.2. The van der Waals surface area contributed by atoms with Crippen molar-refractivity contribution in [3.05, 3.63) is 77.9 Å². The number of hydrogen-bond acceptors (Lipinski definition) is 2. The van der Waals surface area contributed by atoms with Gasteiger partial charge in [-0.15, -0.1) is 0 Å². The molecular weight excluding hydrogens is 248 g/mol. The van der Waals surface area contributed by atoms with Crippen LogP contribution in [0.2, 0.25) is 0 Å². The first-order valence-electron chi connectivity index (χ1n) is 6.61. The predicted molar refractivity (Wildman–Crippen MR) is 79.6 cm³/mol. The molecule has 2 nitrogen and oxygen atoms in total. The second-order valence-corrected chi connectivity index (χ2v) is 4.81. The van der Waals surface area contributed by atoms with Gasteiger partial charge in [0.1, 0.15) is 0 Å². The van der Waals surface area contributed by atoms with E-state index in [1.807, 2.05) is 42.5 Å². The molecule has 0 amide bonds. The summed E-state index contributed by atoms with van der Waals surface area (Å²) in [4.78, 5) is 11.4. The molecule has 0 aliphatic rings. The molecule has 2 heteroatoms. The standard InChI is InChI=1S/C18H15O2/c1-13(19)20-18(15-7-3-4-8-15)17-11-10-14-6-2-5-9-16(14)12-17/h2-12,18H,1H3/q-1. The van der Waals surface area contributed by atoms with E-state index >= 15 is 0 Å². The third-order valence-corrected chi connectivity index (χ3v) is 3.35. The van der Waals surface area contributed by atoms with E-state index in [9.17, 15) is 4.79 Å². The Morgan fingerprint density at radius 2 is 1.85 bits per heavy atom. The van der Waals surface area contributed by atoms with Crippen molar-refractivity contribution in [2.24, 2.45) is 0 Å². The molecule has 3 aromatic carbocycles. The van der Waals surface area contributed by atoms with Crippen molar-refractivity contribution in [3.63, 3.8) is 0 Å². The highest BCUT2D eigenvalue weighted by Crippen LogP contribution is 2.29. The molecule has 0 radical (unpaired) electrons. The summed E-state index contributed by atoms with van der Waals surface area (Å²) in [7, 11) is 0. The van der Waals surface area contributed by atoms with Crippen molar-refractivity contribution in [1.29, 1.82) is 0 Å². The number of carbonyl (C=O) groups is 1. The number of esters is 1. The fraction of sp³-hybridized carbons (Fsp3) is 0.111. The van der Waals surface area contributed by atoms with Crippen LogP contribution in [0.3, 0.4) is 0 Å². The summed E-state index contributed by atoms with van der Waals surface area (Å²) in [6.07, 6.45) is -0.341. The lowest BCUT2D eigenvalue weighted by atomic mass is 10.00. The van der Waals surface area contributed by atoms with E-state index in [4.69, 9.17) is 4.74 Å². The average molecular weight is 263 g/mol. The van der Waals surface area contributed by atoms with Crippen LogP contribution >= 0.6 is 0 Å². The largest absolute Gasteiger partial charge is 0.467 e. The topological polar surface area (TPSA) is 26.3 Å². The number of ether oxygens (including phenoxy) is 1. The minimum absolute atomic E-state index is 0.274. The van der Waals surface area contributed by atoms with Crippen molar-refractivity contribution < 1.29 is 9.53 Å². The molecule has 0 aliphatic carbocycles. The van der Waals surface area contributed by atoms with E-state index in [1.165, 1.54) is 12.3 Å². The van der Waals surface area contributed by atoms with E-state index in [-0.39, 0.29) is 12.1 Å². The number of fused-ring (bicyclic) bond motifs is 1. The predicted octanol–water partition coefficient (Wildman–Crippen LogP) is 4.21. The molecular formula is C18H15O2-. The minimum atomic E-state index is -0.341. The van der Waals surface area contributed by atoms with Crippen LogP contribution in [-0.4, -0.2) is 5.97 Å². The summed E-state index contributed by atoms with van der Waals surface area (Å²) in [5, 5.41) is 2.33. The Morgan fingerprint density at radius 1 is 1.05 bits per heavy atom. The smallest absolute Gasteiger partial charge is 0.302 e. The number of benzene rings is 2. The van der Waals surface area contributed by atoms with Crippen LogP contribution in [0.5, 0.6) is 0 Å². The normalized spacial score (nSPS) is 12.2. The quantitative estimate of drug-likeness (QED) is 0.522. The molecule has 20 heavy (non-hydrogen) atoms. The summed E-state index contributed by atoms with van der Waals surface area (Å²) in [6.45, 7) is 1.44. The number of carbonyl (C=O) groups excluding carboxylic acids is 1. The van der Waals surface area contributed by atoms with Crippen molar-refractivity contribution in [2.45, 2.75) is 13.0 Å². The molecule has 0 fully saturated rings. The molecule has 0 N–H and O–H groups in total. The van der Waals surface area contributed by atoms with Crippen LogP contribution in [0, 0.1) is 0 Å². The average Bonchev–Trinajstić information content (AvgIpc) is 2.98. The molecule has 1 unspecified atom stereocenters. The lowest BCUT2D eigenvalue weighted by Crippen LogP contribution is -2.09. The van der Waals surface area contributed by atoms with Crippen LogP contribution in [0.4, 0.5) is 0 Å². The van der Waals surface area contributed by atoms with Crippen LogP contribution in [0.15, 0.2) is 66.7 Å². The van der Waals surface area contributed by atoms with Gasteiger partial charge >= 0.3 is 5.97 Å². The zero-order valence-corrected chi connectivity index (χ0v) is 11.2. The third-order valence-electron chi connectivity index (χ3n) is 3.35. The Labute approximate surface area is 118 Å². The van der Waals surface area contributed by atoms with E-state index in [1.54, 1.807) is 0 Å². The maximum Gasteiger partial charge on any atom is 0.302 e. The summed E-state index contributed by atoms with van der Waals surface area (Å²) < 4.78 is 5.49. The van der Waals surface area contributed by atoms with Gasteiger partial charge in [0.2, 0.25) is 0 Å². The SMILES string of the molecule is CC(=O)OC(c1cc[cH-]c1)c1ccc2ccccc2c1. The van der Waals surface area contributed by atoms with E-state index in [0.717, 1.165) is 16.5 Å². The van der Waals surface area contributed by atoms with Gasteiger partial charge in [0.25, 0.3) is 0 Å². The van der Waals surface area contributed by atoms with Gasteiger partial charge in [-0.25, -0.2) is 6.07 Å². The fourth-order valence-electron chi connectivity index (χ4n) is 2.43.